The van der Waals surface area contributed by atoms with Gasteiger partial charge in [0.15, 0.2) is 5.75 Å². The van der Waals surface area contributed by atoms with Crippen molar-refractivity contribution in [2.24, 2.45) is 7.05 Å². The van der Waals surface area contributed by atoms with Crippen molar-refractivity contribution in [1.82, 2.24) is 28.8 Å². The maximum Gasteiger partial charge on any atom is 0.407 e. The quantitative estimate of drug-likeness (QED) is 0.276. The zero-order valence-electron chi connectivity index (χ0n) is 25.0. The Morgan fingerprint density at radius 2 is 1.74 bits per heavy atom. The summed E-state index contributed by atoms with van der Waals surface area (Å²) in [7, 11) is 1.68. The molecular formula is C32H34N6O5. The number of hydrogen-bond acceptors (Lipinski definition) is 5. The van der Waals surface area contributed by atoms with E-state index >= 15 is 0 Å². The molecular weight excluding hydrogens is 548 g/mol. The van der Waals surface area contributed by atoms with Crippen molar-refractivity contribution in [2.75, 3.05) is 13.1 Å². The van der Waals surface area contributed by atoms with E-state index in [-0.39, 0.29) is 36.3 Å². The van der Waals surface area contributed by atoms with Crippen molar-refractivity contribution in [2.45, 2.75) is 46.7 Å². The van der Waals surface area contributed by atoms with Crippen molar-refractivity contribution >= 4 is 17.0 Å². The molecule has 0 saturated carbocycles. The summed E-state index contributed by atoms with van der Waals surface area (Å²) in [5, 5.41) is 14.5. The lowest BCUT2D eigenvalue weighted by atomic mass is 10.0. The number of aromatic amines is 1. The van der Waals surface area contributed by atoms with Crippen LogP contribution < -0.4 is 15.9 Å². The fraction of sp³-hybridized carbons (Fsp3) is 0.312. The topological polar surface area (TPSA) is 127 Å². The average molecular weight is 583 g/mol. The van der Waals surface area contributed by atoms with Gasteiger partial charge in [0.2, 0.25) is 0 Å². The van der Waals surface area contributed by atoms with Gasteiger partial charge >= 0.3 is 6.09 Å². The lowest BCUT2D eigenvalue weighted by molar-refractivity contribution is 0.0842. The Balaban J connectivity index is 1.56. The molecule has 2 N–H and O–H groups in total. The summed E-state index contributed by atoms with van der Waals surface area (Å²) in [4.78, 5) is 42.8. The zero-order chi connectivity index (χ0) is 30.7. The highest BCUT2D eigenvalue weighted by molar-refractivity contribution is 5.98. The Bertz CT molecular complexity index is 2000. The maximum absolute atomic E-state index is 13.5. The number of rotatable bonds is 6. The largest absolute Gasteiger partial charge is 0.465 e. The molecule has 1 aromatic carbocycles. The van der Waals surface area contributed by atoms with Crippen molar-refractivity contribution in [3.63, 3.8) is 0 Å². The van der Waals surface area contributed by atoms with Crippen LogP contribution >= 0.6 is 0 Å². The normalized spacial score (nSPS) is 13.6. The highest BCUT2D eigenvalue weighted by Gasteiger charge is 2.33. The summed E-state index contributed by atoms with van der Waals surface area (Å²) in [6, 6.07) is 9.17. The molecule has 1 aliphatic heterocycles. The number of nitrogens with one attached hydrogen (secondary N) is 1. The molecule has 222 valence electrons. The van der Waals surface area contributed by atoms with Gasteiger partial charge < -0.3 is 28.9 Å². The van der Waals surface area contributed by atoms with Gasteiger partial charge in [-0.05, 0) is 51.8 Å². The minimum atomic E-state index is -1.02. The van der Waals surface area contributed by atoms with Crippen LogP contribution in [0.15, 0.2) is 58.5 Å². The molecule has 11 nitrogen and oxygen atoms in total. The van der Waals surface area contributed by atoms with Gasteiger partial charge in [-0.2, -0.15) is 5.10 Å². The smallest absolute Gasteiger partial charge is 0.407 e. The number of aryl methyl sites for hydroxylation is 3. The van der Waals surface area contributed by atoms with Crippen molar-refractivity contribution in [3.05, 3.63) is 86.5 Å². The van der Waals surface area contributed by atoms with E-state index in [4.69, 9.17) is 4.74 Å². The molecule has 5 heterocycles. The molecule has 1 amide bonds. The second-order valence-electron chi connectivity index (χ2n) is 11.6. The van der Waals surface area contributed by atoms with Gasteiger partial charge in [-0.1, -0.05) is 18.2 Å². The van der Waals surface area contributed by atoms with Crippen molar-refractivity contribution in [3.8, 4) is 33.9 Å². The lowest BCUT2D eigenvalue weighted by Gasteiger charge is -2.38. The summed E-state index contributed by atoms with van der Waals surface area (Å²) < 4.78 is 11.5. The van der Waals surface area contributed by atoms with Crippen molar-refractivity contribution < 1.29 is 14.6 Å². The molecule has 0 bridgehead atoms. The fourth-order valence-electron chi connectivity index (χ4n) is 5.87. The Kier molecular flexibility index (Phi) is 6.75. The third-order valence-corrected chi connectivity index (χ3v) is 8.27. The summed E-state index contributed by atoms with van der Waals surface area (Å²) >= 11 is 0. The number of hydrogen-bond donors (Lipinski definition) is 2. The Labute approximate surface area is 247 Å². The van der Waals surface area contributed by atoms with Crippen LogP contribution in [0.25, 0.3) is 33.3 Å². The van der Waals surface area contributed by atoms with E-state index in [0.717, 1.165) is 28.1 Å². The molecule has 1 saturated heterocycles. The molecule has 4 aromatic heterocycles. The zero-order valence-corrected chi connectivity index (χ0v) is 25.0. The number of ether oxygens (including phenoxy) is 1. The van der Waals surface area contributed by atoms with Gasteiger partial charge in [-0.15, -0.1) is 0 Å². The van der Waals surface area contributed by atoms with Crippen LogP contribution in [0, 0.1) is 20.8 Å². The highest BCUT2D eigenvalue weighted by Crippen LogP contribution is 2.39. The van der Waals surface area contributed by atoms with Gasteiger partial charge in [0.05, 0.1) is 24.1 Å². The van der Waals surface area contributed by atoms with Gasteiger partial charge in [-0.3, -0.25) is 14.3 Å². The number of amides is 1. The summed E-state index contributed by atoms with van der Waals surface area (Å²) in [6.07, 6.45) is 4.16. The first-order valence-corrected chi connectivity index (χ1v) is 14.2. The number of H-pyrrole nitrogens is 1. The van der Waals surface area contributed by atoms with Gasteiger partial charge in [0.1, 0.15) is 11.3 Å². The van der Waals surface area contributed by atoms with E-state index in [0.29, 0.717) is 33.5 Å². The number of likely N-dealkylation sites (tertiary alicyclic amines) is 1. The van der Waals surface area contributed by atoms with Crippen LogP contribution in [0.5, 0.6) is 11.5 Å². The van der Waals surface area contributed by atoms with Gasteiger partial charge in [-0.25, -0.2) is 4.79 Å². The Hall–Kier alpha value is -5.06. The van der Waals surface area contributed by atoms with Crippen LogP contribution in [0.2, 0.25) is 0 Å². The molecule has 0 atom stereocenters. The molecule has 6 rings (SSSR count). The number of aromatic nitrogens is 5. The van der Waals surface area contributed by atoms with Crippen LogP contribution in [-0.2, 0) is 7.05 Å². The standard InChI is InChI=1S/C32H34N6O5/c1-17(2)38-20(5)24(12-33-38)26-10-23-25(15-35(6)31(40)29(23)34-26)22-11-28(39)37(21-13-36(14-21)32(41)42)16-27(22)43-30-18(3)8-7-9-19(30)4/h7-12,15-17,21,34H,13-14H2,1-6H3,(H,41,42). The lowest BCUT2D eigenvalue weighted by Crippen LogP contribution is -2.52. The molecule has 0 radical (unpaired) electrons. The van der Waals surface area contributed by atoms with E-state index in [2.05, 4.69) is 23.9 Å². The number of pyridine rings is 2. The fourth-order valence-corrected chi connectivity index (χ4v) is 5.87. The second-order valence-corrected chi connectivity index (χ2v) is 11.6. The molecule has 1 fully saturated rings. The van der Waals surface area contributed by atoms with E-state index in [1.807, 2.05) is 49.7 Å². The number of carbonyl (C=O) groups is 1. The Morgan fingerprint density at radius 1 is 1.05 bits per heavy atom. The predicted octanol–water partition coefficient (Wildman–Crippen LogP) is 5.39. The number of nitrogens with zero attached hydrogens (tertiary/aromatic N) is 5. The first-order chi connectivity index (χ1) is 20.4. The minimum absolute atomic E-state index is 0.177. The van der Waals surface area contributed by atoms with E-state index < -0.39 is 6.09 Å². The van der Waals surface area contributed by atoms with E-state index in [1.54, 1.807) is 25.6 Å². The highest BCUT2D eigenvalue weighted by atomic mass is 16.5. The molecule has 0 spiro atoms. The van der Waals surface area contributed by atoms with E-state index in [9.17, 15) is 19.5 Å². The summed E-state index contributed by atoms with van der Waals surface area (Å²) in [5.74, 6) is 1.10. The van der Waals surface area contributed by atoms with Gasteiger partial charge in [0, 0.05) is 66.2 Å². The number of carboxylic acid groups (broad SMARTS) is 1. The first kappa shape index (κ1) is 28.1. The molecule has 11 heteroatoms. The number of para-hydroxylation sites is 1. The van der Waals surface area contributed by atoms with Gasteiger partial charge in [0.25, 0.3) is 11.1 Å². The monoisotopic (exact) mass is 582 g/mol. The second kappa shape index (κ2) is 10.3. The molecule has 5 aromatic rings. The predicted molar refractivity (Wildman–Crippen MR) is 164 cm³/mol. The van der Waals surface area contributed by atoms with E-state index in [1.165, 1.54) is 20.1 Å². The van der Waals surface area contributed by atoms with Crippen LogP contribution in [0.1, 0.15) is 42.8 Å². The third kappa shape index (κ3) is 4.70. The van der Waals surface area contributed by atoms with Crippen LogP contribution in [0.4, 0.5) is 4.79 Å². The summed E-state index contributed by atoms with van der Waals surface area (Å²) in [5.41, 5.74) is 5.55. The number of benzene rings is 1. The minimum Gasteiger partial charge on any atom is -0.465 e. The SMILES string of the molecule is Cc1cccc(C)c1Oc1cn(C2CN(C(=O)O)C2)c(=O)cc1-c1cn(C)c(=O)c2[nH]c(-c3cnn(C(C)C)c3C)cc12. The van der Waals surface area contributed by atoms with Crippen LogP contribution in [-0.4, -0.2) is 53.1 Å². The third-order valence-electron chi connectivity index (χ3n) is 8.27. The Morgan fingerprint density at radius 3 is 2.37 bits per heavy atom. The average Bonchev–Trinajstić information content (AvgIpc) is 3.53. The summed E-state index contributed by atoms with van der Waals surface area (Å²) in [6.45, 7) is 10.5. The first-order valence-electron chi connectivity index (χ1n) is 14.2. The maximum atomic E-state index is 13.5. The number of fused-ring (bicyclic) bond motifs is 1. The molecule has 1 aliphatic rings. The van der Waals surface area contributed by atoms with Crippen LogP contribution in [0.3, 0.4) is 0 Å². The molecule has 0 unspecified atom stereocenters. The van der Waals surface area contributed by atoms with Crippen molar-refractivity contribution in [1.29, 1.82) is 0 Å². The molecule has 43 heavy (non-hydrogen) atoms. The molecule has 0 aliphatic carbocycles.